The van der Waals surface area contributed by atoms with Crippen molar-refractivity contribution in [3.63, 3.8) is 0 Å². The van der Waals surface area contributed by atoms with Crippen LogP contribution in [0.1, 0.15) is 17.7 Å². The first-order valence-corrected chi connectivity index (χ1v) is 7.72. The summed E-state index contributed by atoms with van der Waals surface area (Å²) in [5.74, 6) is 3.65. The van der Waals surface area contributed by atoms with Crippen molar-refractivity contribution in [2.75, 3.05) is 18.1 Å². The molecule has 0 atom stereocenters. The Kier molecular flexibility index (Phi) is 4.82. The van der Waals surface area contributed by atoms with E-state index < -0.39 is 0 Å². The van der Waals surface area contributed by atoms with Crippen molar-refractivity contribution < 1.29 is 0 Å². The molecule has 1 aromatic rings. The molecule has 0 aromatic carbocycles. The second-order valence-corrected chi connectivity index (χ2v) is 6.85. The van der Waals surface area contributed by atoms with Crippen molar-refractivity contribution >= 4 is 34.7 Å². The summed E-state index contributed by atoms with van der Waals surface area (Å²) in [5.41, 5.74) is 0. The van der Waals surface area contributed by atoms with Gasteiger partial charge in [0.25, 0.3) is 0 Å². The first-order chi connectivity index (χ1) is 7.34. The molecule has 0 radical (unpaired) electrons. The molecule has 1 heterocycles. The molecule has 1 fully saturated rings. The summed E-state index contributed by atoms with van der Waals surface area (Å²) in [4.78, 5) is 1.33. The third kappa shape index (κ3) is 4.77. The fourth-order valence-corrected chi connectivity index (χ4v) is 3.52. The third-order valence-electron chi connectivity index (χ3n) is 2.40. The molecule has 0 amide bonds. The molecule has 2 rings (SSSR count). The monoisotopic (exact) mass is 261 g/mol. The summed E-state index contributed by atoms with van der Waals surface area (Å²) >= 11 is 9.59. The summed E-state index contributed by atoms with van der Waals surface area (Å²) < 4.78 is 0.884. The van der Waals surface area contributed by atoms with E-state index in [1.54, 1.807) is 11.3 Å². The highest BCUT2D eigenvalue weighted by Gasteiger charge is 2.20. The highest BCUT2D eigenvalue weighted by Crippen LogP contribution is 2.32. The van der Waals surface area contributed by atoms with Crippen molar-refractivity contribution in [1.29, 1.82) is 0 Å². The smallest absolute Gasteiger partial charge is 0.0931 e. The minimum Gasteiger partial charge on any atom is -0.311 e. The number of nitrogens with one attached hydrogen (secondary N) is 1. The van der Waals surface area contributed by atoms with E-state index >= 15 is 0 Å². The van der Waals surface area contributed by atoms with Crippen LogP contribution in [0.15, 0.2) is 12.1 Å². The Hall–Kier alpha value is 0.300. The maximum atomic E-state index is 5.85. The molecule has 0 spiro atoms. The van der Waals surface area contributed by atoms with Gasteiger partial charge in [-0.05, 0) is 36.6 Å². The van der Waals surface area contributed by atoms with Crippen LogP contribution in [0.25, 0.3) is 0 Å². The number of halogens is 1. The van der Waals surface area contributed by atoms with Gasteiger partial charge >= 0.3 is 0 Å². The Balaban J connectivity index is 1.47. The van der Waals surface area contributed by atoms with E-state index in [1.807, 2.05) is 6.07 Å². The Morgan fingerprint density at radius 3 is 3.00 bits per heavy atom. The number of hydrogen-bond acceptors (Lipinski definition) is 3. The molecule has 15 heavy (non-hydrogen) atoms. The van der Waals surface area contributed by atoms with E-state index in [0.29, 0.717) is 0 Å². The maximum Gasteiger partial charge on any atom is 0.0931 e. The van der Waals surface area contributed by atoms with Gasteiger partial charge < -0.3 is 5.32 Å². The molecule has 1 saturated carbocycles. The van der Waals surface area contributed by atoms with Gasteiger partial charge in [-0.25, -0.2) is 0 Å². The van der Waals surface area contributed by atoms with Crippen molar-refractivity contribution in [3.8, 4) is 0 Å². The molecule has 0 saturated heterocycles. The first kappa shape index (κ1) is 11.8. The van der Waals surface area contributed by atoms with E-state index in [0.717, 1.165) is 23.3 Å². The average Bonchev–Trinajstić information content (AvgIpc) is 2.95. The van der Waals surface area contributed by atoms with Crippen LogP contribution in [0.4, 0.5) is 0 Å². The fourth-order valence-electron chi connectivity index (χ4n) is 1.34. The molecule has 0 bridgehead atoms. The second kappa shape index (κ2) is 6.14. The van der Waals surface area contributed by atoms with Gasteiger partial charge in [-0.15, -0.1) is 11.3 Å². The molecule has 1 aliphatic rings. The van der Waals surface area contributed by atoms with Crippen LogP contribution in [-0.2, 0) is 6.54 Å². The number of thioether (sulfide) groups is 1. The zero-order valence-electron chi connectivity index (χ0n) is 8.67. The lowest BCUT2D eigenvalue weighted by Gasteiger charge is -2.02. The van der Waals surface area contributed by atoms with E-state index in [9.17, 15) is 0 Å². The SMILES string of the molecule is Clc1ccc(CNCCSCC2CC2)s1. The molecule has 1 aromatic heterocycles. The molecule has 0 aliphatic heterocycles. The lowest BCUT2D eigenvalue weighted by Crippen LogP contribution is -2.15. The van der Waals surface area contributed by atoms with Gasteiger partial charge in [-0.2, -0.15) is 11.8 Å². The molecule has 0 unspecified atom stereocenters. The fraction of sp³-hybridized carbons (Fsp3) is 0.636. The van der Waals surface area contributed by atoms with Gasteiger partial charge in [-0.1, -0.05) is 11.6 Å². The summed E-state index contributed by atoms with van der Waals surface area (Å²) in [6.07, 6.45) is 2.93. The van der Waals surface area contributed by atoms with Crippen LogP contribution in [0, 0.1) is 5.92 Å². The molecular formula is C11H16ClNS2. The zero-order valence-corrected chi connectivity index (χ0v) is 11.1. The van der Waals surface area contributed by atoms with Gasteiger partial charge in [0.2, 0.25) is 0 Å². The minimum atomic E-state index is 0.884. The van der Waals surface area contributed by atoms with Crippen LogP contribution in [-0.4, -0.2) is 18.1 Å². The maximum absolute atomic E-state index is 5.85. The summed E-state index contributed by atoms with van der Waals surface area (Å²) in [6, 6.07) is 4.06. The largest absolute Gasteiger partial charge is 0.311 e. The van der Waals surface area contributed by atoms with Gasteiger partial charge in [-0.3, -0.25) is 0 Å². The molecule has 4 heteroatoms. The predicted octanol–water partition coefficient (Wildman–Crippen LogP) is 3.63. The Morgan fingerprint density at radius 1 is 1.47 bits per heavy atom. The molecule has 84 valence electrons. The number of hydrogen-bond donors (Lipinski definition) is 1. The molecular weight excluding hydrogens is 246 g/mol. The van der Waals surface area contributed by atoms with E-state index in [4.69, 9.17) is 11.6 Å². The summed E-state index contributed by atoms with van der Waals surface area (Å²) in [5, 5.41) is 3.44. The normalized spacial score (nSPS) is 15.8. The van der Waals surface area contributed by atoms with E-state index in [2.05, 4.69) is 23.1 Å². The van der Waals surface area contributed by atoms with Crippen LogP contribution < -0.4 is 5.32 Å². The second-order valence-electron chi connectivity index (χ2n) is 3.90. The van der Waals surface area contributed by atoms with Gasteiger partial charge in [0, 0.05) is 23.7 Å². The minimum absolute atomic E-state index is 0.884. The highest BCUT2D eigenvalue weighted by atomic mass is 35.5. The topological polar surface area (TPSA) is 12.0 Å². The lowest BCUT2D eigenvalue weighted by atomic mass is 10.4. The molecule has 1 N–H and O–H groups in total. The van der Waals surface area contributed by atoms with Crippen molar-refractivity contribution in [2.24, 2.45) is 5.92 Å². The van der Waals surface area contributed by atoms with Crippen LogP contribution in [0.3, 0.4) is 0 Å². The van der Waals surface area contributed by atoms with Crippen LogP contribution in [0.2, 0.25) is 4.34 Å². The Labute approximate surface area is 105 Å². The first-order valence-electron chi connectivity index (χ1n) is 5.37. The quantitative estimate of drug-likeness (QED) is 0.753. The molecule has 1 aliphatic carbocycles. The average molecular weight is 262 g/mol. The van der Waals surface area contributed by atoms with E-state index in [-0.39, 0.29) is 0 Å². The summed E-state index contributed by atoms with van der Waals surface area (Å²) in [6.45, 7) is 2.06. The van der Waals surface area contributed by atoms with Gasteiger partial charge in [0.05, 0.1) is 4.34 Å². The molecule has 1 nitrogen and oxygen atoms in total. The zero-order chi connectivity index (χ0) is 10.5. The van der Waals surface area contributed by atoms with Gasteiger partial charge in [0.1, 0.15) is 0 Å². The van der Waals surface area contributed by atoms with Crippen molar-refractivity contribution in [1.82, 2.24) is 5.32 Å². The van der Waals surface area contributed by atoms with Crippen molar-refractivity contribution in [3.05, 3.63) is 21.3 Å². The van der Waals surface area contributed by atoms with Crippen molar-refractivity contribution in [2.45, 2.75) is 19.4 Å². The van der Waals surface area contributed by atoms with Crippen LogP contribution >= 0.6 is 34.7 Å². The summed E-state index contributed by atoms with van der Waals surface area (Å²) in [7, 11) is 0. The third-order valence-corrected chi connectivity index (χ3v) is 4.83. The van der Waals surface area contributed by atoms with E-state index in [1.165, 1.54) is 29.2 Å². The standard InChI is InChI=1S/C11H16ClNS2/c12-11-4-3-10(15-11)7-13-5-6-14-8-9-1-2-9/h3-4,9,13H,1-2,5-8H2. The Bertz CT molecular complexity index is 297. The van der Waals surface area contributed by atoms with Crippen LogP contribution in [0.5, 0.6) is 0 Å². The Morgan fingerprint density at radius 2 is 2.33 bits per heavy atom. The number of rotatable bonds is 7. The lowest BCUT2D eigenvalue weighted by molar-refractivity contribution is 0.740. The predicted molar refractivity (Wildman–Crippen MR) is 71.1 cm³/mol. The highest BCUT2D eigenvalue weighted by molar-refractivity contribution is 7.99. The number of thiophene rings is 1. The van der Waals surface area contributed by atoms with Gasteiger partial charge in [0.15, 0.2) is 0 Å².